The third-order valence-corrected chi connectivity index (χ3v) is 6.57. The van der Waals surface area contributed by atoms with Crippen LogP contribution in [0, 0.1) is 25.2 Å². The van der Waals surface area contributed by atoms with E-state index in [1.165, 1.54) is 0 Å². The van der Waals surface area contributed by atoms with Crippen LogP contribution in [0.5, 0.6) is 11.6 Å². The normalized spacial score (nSPS) is 14.9. The fraction of sp³-hybridized carbons (Fsp3) is 0.364. The molecule has 0 amide bonds. The lowest BCUT2D eigenvalue weighted by atomic mass is 10.1. The quantitative estimate of drug-likeness (QED) is 0.508. The number of thiazole rings is 1. The van der Waals surface area contributed by atoms with Crippen LogP contribution in [0.2, 0.25) is 0 Å². The molecule has 7 nitrogen and oxygen atoms in total. The van der Waals surface area contributed by atoms with Gasteiger partial charge in [0, 0.05) is 30.7 Å². The number of nitrogens with one attached hydrogen (secondary N) is 1. The first-order valence-corrected chi connectivity index (χ1v) is 11.8. The molecular weight excluding hydrogens is 476 g/mol. The molecule has 1 aliphatic heterocycles. The minimum atomic E-state index is 0.319. The number of hydrogen-bond acceptors (Lipinski definition) is 8. The van der Waals surface area contributed by atoms with E-state index < -0.39 is 0 Å². The monoisotopic (exact) mass is 498 g/mol. The Hall–Kier alpha value is -2.54. The Morgan fingerprint density at radius 3 is 2.65 bits per heavy atom. The number of ether oxygens (including phenoxy) is 1. The van der Waals surface area contributed by atoms with E-state index in [1.807, 2.05) is 37.6 Å². The van der Waals surface area contributed by atoms with Crippen molar-refractivity contribution in [2.45, 2.75) is 39.3 Å². The van der Waals surface area contributed by atoms with Gasteiger partial charge in [0.2, 0.25) is 11.8 Å². The summed E-state index contributed by atoms with van der Waals surface area (Å²) in [4.78, 5) is 15.8. The molecule has 1 aliphatic rings. The molecule has 0 atom stereocenters. The van der Waals surface area contributed by atoms with Crippen molar-refractivity contribution in [3.63, 3.8) is 0 Å². The van der Waals surface area contributed by atoms with E-state index >= 15 is 0 Å². The molecule has 160 valence electrons. The Bertz CT molecular complexity index is 1070. The van der Waals surface area contributed by atoms with Crippen LogP contribution in [0.1, 0.15) is 34.5 Å². The number of anilines is 1. The van der Waals surface area contributed by atoms with Crippen molar-refractivity contribution in [2.75, 3.05) is 18.4 Å². The van der Waals surface area contributed by atoms with E-state index in [-0.39, 0.29) is 0 Å². The summed E-state index contributed by atoms with van der Waals surface area (Å²) in [7, 11) is 0. The summed E-state index contributed by atoms with van der Waals surface area (Å²) in [6.07, 6.45) is 5.61. The summed E-state index contributed by atoms with van der Waals surface area (Å²) in [6.45, 7) is 6.80. The second-order valence-corrected chi connectivity index (χ2v) is 9.45. The zero-order valence-electron chi connectivity index (χ0n) is 17.4. The van der Waals surface area contributed by atoms with Gasteiger partial charge in [0.1, 0.15) is 10.8 Å². The van der Waals surface area contributed by atoms with Crippen LogP contribution in [0.4, 0.5) is 5.95 Å². The first-order valence-electron chi connectivity index (χ1n) is 10.1. The number of piperidine rings is 1. The highest BCUT2D eigenvalue weighted by Gasteiger charge is 2.21. The Morgan fingerprint density at radius 1 is 1.26 bits per heavy atom. The van der Waals surface area contributed by atoms with Crippen molar-refractivity contribution in [3.8, 4) is 17.7 Å². The number of benzene rings is 1. The summed E-state index contributed by atoms with van der Waals surface area (Å²) in [5.41, 5.74) is 2.40. The topological polar surface area (TPSA) is 87.0 Å². The minimum absolute atomic E-state index is 0.319. The van der Waals surface area contributed by atoms with Crippen molar-refractivity contribution >= 4 is 33.2 Å². The number of halogens is 1. The SMILES string of the molecule is Cc1cc(C#N)cc(C)c1Oc1nc(NC2CCN(Cc3nccs3)CC2)ncc1Br. The number of likely N-dealkylation sites (tertiary alicyclic amines) is 1. The van der Waals surface area contributed by atoms with Crippen molar-refractivity contribution < 1.29 is 4.74 Å². The summed E-state index contributed by atoms with van der Waals surface area (Å²) < 4.78 is 6.79. The predicted octanol–water partition coefficient (Wildman–Crippen LogP) is 5.05. The molecule has 3 heterocycles. The average molecular weight is 499 g/mol. The van der Waals surface area contributed by atoms with E-state index in [2.05, 4.69) is 47.2 Å². The highest BCUT2D eigenvalue weighted by molar-refractivity contribution is 9.10. The molecule has 1 saturated heterocycles. The Labute approximate surface area is 194 Å². The maximum atomic E-state index is 9.15. The molecule has 9 heteroatoms. The summed E-state index contributed by atoms with van der Waals surface area (Å²) in [5, 5.41) is 15.8. The van der Waals surface area contributed by atoms with Crippen molar-refractivity contribution in [2.24, 2.45) is 0 Å². The fourth-order valence-corrected chi connectivity index (χ4v) is 4.64. The van der Waals surface area contributed by atoms with E-state index in [9.17, 15) is 0 Å². The molecule has 4 rings (SSSR count). The van der Waals surface area contributed by atoms with E-state index in [0.717, 1.165) is 48.6 Å². The van der Waals surface area contributed by atoms with Gasteiger partial charge >= 0.3 is 0 Å². The van der Waals surface area contributed by atoms with Crippen molar-refractivity contribution in [3.05, 3.63) is 56.1 Å². The van der Waals surface area contributed by atoms with Crippen LogP contribution >= 0.6 is 27.3 Å². The second kappa shape index (κ2) is 9.73. The zero-order valence-corrected chi connectivity index (χ0v) is 19.8. The zero-order chi connectivity index (χ0) is 21.8. The largest absolute Gasteiger partial charge is 0.437 e. The van der Waals surface area contributed by atoms with Crippen LogP contribution < -0.4 is 10.1 Å². The standard InChI is InChI=1S/C22H23BrN6OS/c1-14-9-16(11-24)10-15(2)20(14)30-21-18(23)12-26-22(28-21)27-17-3-6-29(7-4-17)13-19-25-5-8-31-19/h5,8-10,12,17H,3-4,6-7,13H2,1-2H3,(H,26,27,28). The van der Waals surface area contributed by atoms with Crippen LogP contribution in [0.25, 0.3) is 0 Å². The molecule has 0 saturated carbocycles. The third-order valence-electron chi connectivity index (χ3n) is 5.26. The molecule has 0 bridgehead atoms. The molecule has 0 aliphatic carbocycles. The Morgan fingerprint density at radius 2 is 2.00 bits per heavy atom. The number of aromatic nitrogens is 3. The number of rotatable bonds is 6. The molecule has 1 aromatic carbocycles. The maximum Gasteiger partial charge on any atom is 0.238 e. The van der Waals surface area contributed by atoms with Crippen LogP contribution in [-0.4, -0.2) is 39.0 Å². The van der Waals surface area contributed by atoms with Gasteiger partial charge in [-0.15, -0.1) is 11.3 Å². The number of hydrogen-bond donors (Lipinski definition) is 1. The van der Waals surface area contributed by atoms with E-state index in [0.29, 0.717) is 33.7 Å². The molecule has 31 heavy (non-hydrogen) atoms. The molecular formula is C22H23BrN6OS. The maximum absolute atomic E-state index is 9.15. The Kier molecular flexibility index (Phi) is 6.80. The fourth-order valence-electron chi connectivity index (χ4n) is 3.71. The predicted molar refractivity (Wildman–Crippen MR) is 124 cm³/mol. The van der Waals surface area contributed by atoms with Crippen LogP contribution in [-0.2, 0) is 6.54 Å². The highest BCUT2D eigenvalue weighted by atomic mass is 79.9. The minimum Gasteiger partial charge on any atom is -0.437 e. The van der Waals surface area contributed by atoms with Gasteiger partial charge in [-0.3, -0.25) is 4.90 Å². The number of aryl methyl sites for hydroxylation is 2. The van der Waals surface area contributed by atoms with Gasteiger partial charge < -0.3 is 10.1 Å². The smallest absolute Gasteiger partial charge is 0.238 e. The van der Waals surface area contributed by atoms with E-state index in [4.69, 9.17) is 10.00 Å². The molecule has 3 aromatic rings. The van der Waals surface area contributed by atoms with Crippen LogP contribution in [0.15, 0.2) is 34.4 Å². The number of nitriles is 1. The second-order valence-electron chi connectivity index (χ2n) is 7.62. The summed E-state index contributed by atoms with van der Waals surface area (Å²) >= 11 is 5.19. The molecule has 0 radical (unpaired) electrons. The van der Waals surface area contributed by atoms with Gasteiger partial charge in [-0.25, -0.2) is 9.97 Å². The first-order chi connectivity index (χ1) is 15.0. The van der Waals surface area contributed by atoms with Gasteiger partial charge in [-0.05, 0) is 65.9 Å². The molecule has 2 aromatic heterocycles. The summed E-state index contributed by atoms with van der Waals surface area (Å²) in [6, 6.07) is 6.12. The van der Waals surface area contributed by atoms with Gasteiger partial charge in [-0.2, -0.15) is 10.2 Å². The van der Waals surface area contributed by atoms with Crippen molar-refractivity contribution in [1.29, 1.82) is 5.26 Å². The summed E-state index contributed by atoms with van der Waals surface area (Å²) in [5.74, 6) is 1.72. The first kappa shape index (κ1) is 21.7. The molecule has 0 unspecified atom stereocenters. The van der Waals surface area contributed by atoms with Crippen LogP contribution in [0.3, 0.4) is 0 Å². The lowest BCUT2D eigenvalue weighted by Gasteiger charge is -2.31. The van der Waals surface area contributed by atoms with Gasteiger partial charge in [0.25, 0.3) is 0 Å². The average Bonchev–Trinajstić information content (AvgIpc) is 3.27. The lowest BCUT2D eigenvalue weighted by Crippen LogP contribution is -2.38. The highest BCUT2D eigenvalue weighted by Crippen LogP contribution is 2.33. The molecule has 1 N–H and O–H groups in total. The molecule has 0 spiro atoms. The van der Waals surface area contributed by atoms with Gasteiger partial charge in [-0.1, -0.05) is 0 Å². The van der Waals surface area contributed by atoms with Crippen molar-refractivity contribution in [1.82, 2.24) is 19.9 Å². The number of nitrogens with zero attached hydrogens (tertiary/aromatic N) is 5. The lowest BCUT2D eigenvalue weighted by molar-refractivity contribution is 0.211. The third kappa shape index (κ3) is 5.39. The van der Waals surface area contributed by atoms with Gasteiger partial charge in [0.05, 0.1) is 28.8 Å². The van der Waals surface area contributed by atoms with Gasteiger partial charge in [0.15, 0.2) is 0 Å². The van der Waals surface area contributed by atoms with E-state index in [1.54, 1.807) is 17.5 Å². The Balaban J connectivity index is 1.40. The molecule has 1 fully saturated rings.